The Morgan fingerprint density at radius 1 is 1.28 bits per heavy atom. The van der Waals surface area contributed by atoms with E-state index in [1.54, 1.807) is 0 Å². The van der Waals surface area contributed by atoms with Crippen LogP contribution in [0.1, 0.15) is 25.7 Å². The Kier molecular flexibility index (Phi) is 3.30. The van der Waals surface area contributed by atoms with Gasteiger partial charge in [-0.05, 0) is 44.7 Å². The van der Waals surface area contributed by atoms with Crippen LogP contribution in [0, 0.1) is 5.92 Å². The third-order valence-electron chi connectivity index (χ3n) is 4.81. The summed E-state index contributed by atoms with van der Waals surface area (Å²) >= 11 is 0. The van der Waals surface area contributed by atoms with Crippen LogP contribution in [-0.4, -0.2) is 55.2 Å². The number of amides is 1. The molecule has 0 aromatic carbocycles. The SMILES string of the molecule is NC1(C(=O)NC2CN3CCC2CC3)CCOCC1. The monoisotopic (exact) mass is 253 g/mol. The van der Waals surface area contributed by atoms with Gasteiger partial charge < -0.3 is 20.7 Å². The number of nitrogens with zero attached hydrogens (tertiary/aromatic N) is 1. The number of nitrogens with one attached hydrogen (secondary N) is 1. The second-order valence-electron chi connectivity index (χ2n) is 5.99. The summed E-state index contributed by atoms with van der Waals surface area (Å²) in [4.78, 5) is 14.8. The first-order valence-electron chi connectivity index (χ1n) is 7.07. The molecule has 4 aliphatic rings. The molecule has 18 heavy (non-hydrogen) atoms. The molecule has 102 valence electrons. The third-order valence-corrected chi connectivity index (χ3v) is 4.81. The van der Waals surface area contributed by atoms with E-state index in [1.807, 2.05) is 0 Å². The van der Waals surface area contributed by atoms with Crippen LogP contribution in [0.3, 0.4) is 0 Å². The van der Waals surface area contributed by atoms with E-state index in [1.165, 1.54) is 25.9 Å². The molecule has 5 heteroatoms. The lowest BCUT2D eigenvalue weighted by atomic mass is 9.83. The molecule has 0 aromatic heterocycles. The molecule has 0 saturated carbocycles. The standard InChI is InChI=1S/C13H23N3O2/c14-13(3-7-18-8-4-13)12(17)15-11-9-16-5-1-10(11)2-6-16/h10-11H,1-9,14H2,(H,15,17). The third kappa shape index (κ3) is 2.27. The zero-order valence-corrected chi connectivity index (χ0v) is 10.9. The average molecular weight is 253 g/mol. The van der Waals surface area contributed by atoms with Crippen LogP contribution in [-0.2, 0) is 9.53 Å². The molecule has 1 unspecified atom stereocenters. The molecule has 3 N–H and O–H groups in total. The number of carbonyl (C=O) groups is 1. The fourth-order valence-electron chi connectivity index (χ4n) is 3.40. The Labute approximate surface area is 108 Å². The normalized spacial score (nSPS) is 38.4. The van der Waals surface area contributed by atoms with Gasteiger partial charge in [0, 0.05) is 25.8 Å². The van der Waals surface area contributed by atoms with E-state index in [0.717, 1.165) is 6.54 Å². The topological polar surface area (TPSA) is 67.6 Å². The Hall–Kier alpha value is -0.650. The van der Waals surface area contributed by atoms with Gasteiger partial charge in [0.1, 0.15) is 0 Å². The van der Waals surface area contributed by atoms with E-state index in [-0.39, 0.29) is 5.91 Å². The molecule has 1 amide bonds. The number of ether oxygens (including phenoxy) is 1. The summed E-state index contributed by atoms with van der Waals surface area (Å²) in [7, 11) is 0. The van der Waals surface area contributed by atoms with E-state index in [4.69, 9.17) is 10.5 Å². The average Bonchev–Trinajstić information content (AvgIpc) is 2.41. The summed E-state index contributed by atoms with van der Waals surface area (Å²) in [6, 6.07) is 0.309. The Bertz CT molecular complexity index is 320. The molecule has 0 aliphatic carbocycles. The quantitative estimate of drug-likeness (QED) is 0.709. The van der Waals surface area contributed by atoms with Gasteiger partial charge in [0.25, 0.3) is 0 Å². The van der Waals surface area contributed by atoms with Crippen molar-refractivity contribution in [3.8, 4) is 0 Å². The predicted octanol–water partition coefficient (Wildman–Crippen LogP) is -0.295. The number of hydrogen-bond acceptors (Lipinski definition) is 4. The second-order valence-corrected chi connectivity index (χ2v) is 5.99. The summed E-state index contributed by atoms with van der Waals surface area (Å²) in [5.41, 5.74) is 5.51. The van der Waals surface area contributed by atoms with Crippen molar-refractivity contribution in [2.75, 3.05) is 32.8 Å². The van der Waals surface area contributed by atoms with Crippen LogP contribution in [0.4, 0.5) is 0 Å². The van der Waals surface area contributed by atoms with Gasteiger partial charge in [0.15, 0.2) is 0 Å². The summed E-state index contributed by atoms with van der Waals surface area (Å²) in [6.07, 6.45) is 3.71. The maximum atomic E-state index is 12.4. The van der Waals surface area contributed by atoms with Crippen molar-refractivity contribution >= 4 is 5.91 Å². The summed E-state index contributed by atoms with van der Waals surface area (Å²) in [5, 5.41) is 3.20. The molecule has 1 atom stereocenters. The summed E-state index contributed by atoms with van der Waals surface area (Å²) in [6.45, 7) is 4.59. The van der Waals surface area contributed by atoms with Crippen molar-refractivity contribution < 1.29 is 9.53 Å². The largest absolute Gasteiger partial charge is 0.381 e. The Morgan fingerprint density at radius 3 is 2.50 bits per heavy atom. The molecular weight excluding hydrogens is 230 g/mol. The van der Waals surface area contributed by atoms with Gasteiger partial charge in [0.2, 0.25) is 5.91 Å². The molecule has 0 aromatic rings. The van der Waals surface area contributed by atoms with Gasteiger partial charge in [-0.3, -0.25) is 4.79 Å². The molecule has 0 spiro atoms. The van der Waals surface area contributed by atoms with Crippen LogP contribution >= 0.6 is 0 Å². The van der Waals surface area contributed by atoms with E-state index >= 15 is 0 Å². The van der Waals surface area contributed by atoms with Crippen LogP contribution in [0.2, 0.25) is 0 Å². The molecule has 4 heterocycles. The minimum atomic E-state index is -0.704. The van der Waals surface area contributed by atoms with Crippen molar-refractivity contribution in [3.63, 3.8) is 0 Å². The number of carbonyl (C=O) groups excluding carboxylic acids is 1. The lowest BCUT2D eigenvalue weighted by Gasteiger charge is -2.46. The first-order valence-corrected chi connectivity index (χ1v) is 7.07. The predicted molar refractivity (Wildman–Crippen MR) is 68.1 cm³/mol. The maximum absolute atomic E-state index is 12.4. The van der Waals surface area contributed by atoms with Gasteiger partial charge in [-0.2, -0.15) is 0 Å². The maximum Gasteiger partial charge on any atom is 0.240 e. The van der Waals surface area contributed by atoms with Gasteiger partial charge in [-0.15, -0.1) is 0 Å². The zero-order valence-electron chi connectivity index (χ0n) is 10.9. The minimum absolute atomic E-state index is 0.0320. The van der Waals surface area contributed by atoms with Crippen LogP contribution in [0.25, 0.3) is 0 Å². The van der Waals surface area contributed by atoms with Crippen LogP contribution in [0.15, 0.2) is 0 Å². The van der Waals surface area contributed by atoms with Gasteiger partial charge in [-0.25, -0.2) is 0 Å². The van der Waals surface area contributed by atoms with Crippen molar-refractivity contribution in [1.29, 1.82) is 0 Å². The molecule has 0 radical (unpaired) electrons. The lowest BCUT2D eigenvalue weighted by molar-refractivity contribution is -0.131. The highest BCUT2D eigenvalue weighted by Crippen LogP contribution is 2.28. The van der Waals surface area contributed by atoms with Crippen molar-refractivity contribution in [2.45, 2.75) is 37.3 Å². The lowest BCUT2D eigenvalue weighted by Crippen LogP contribution is -2.63. The smallest absolute Gasteiger partial charge is 0.240 e. The van der Waals surface area contributed by atoms with E-state index in [2.05, 4.69) is 10.2 Å². The number of piperidine rings is 3. The van der Waals surface area contributed by atoms with Crippen molar-refractivity contribution in [1.82, 2.24) is 10.2 Å². The molecule has 4 rings (SSSR count). The van der Waals surface area contributed by atoms with Crippen molar-refractivity contribution in [2.24, 2.45) is 11.7 Å². The first-order chi connectivity index (χ1) is 8.67. The minimum Gasteiger partial charge on any atom is -0.381 e. The Morgan fingerprint density at radius 2 is 1.94 bits per heavy atom. The summed E-state index contributed by atoms with van der Waals surface area (Å²) in [5.74, 6) is 0.687. The van der Waals surface area contributed by atoms with Gasteiger partial charge in [0.05, 0.1) is 5.54 Å². The van der Waals surface area contributed by atoms with Crippen LogP contribution in [0.5, 0.6) is 0 Å². The molecule has 4 saturated heterocycles. The molecule has 4 fully saturated rings. The number of rotatable bonds is 2. The highest BCUT2D eigenvalue weighted by Gasteiger charge is 2.40. The zero-order chi connectivity index (χ0) is 12.6. The molecule has 5 nitrogen and oxygen atoms in total. The molecule has 4 aliphatic heterocycles. The van der Waals surface area contributed by atoms with Gasteiger partial charge in [-0.1, -0.05) is 0 Å². The van der Waals surface area contributed by atoms with Crippen molar-refractivity contribution in [3.05, 3.63) is 0 Å². The summed E-state index contributed by atoms with van der Waals surface area (Å²) < 4.78 is 5.29. The second kappa shape index (κ2) is 4.79. The van der Waals surface area contributed by atoms with Gasteiger partial charge >= 0.3 is 0 Å². The first kappa shape index (κ1) is 12.4. The highest BCUT2D eigenvalue weighted by molar-refractivity contribution is 5.86. The fourth-order valence-corrected chi connectivity index (χ4v) is 3.40. The highest BCUT2D eigenvalue weighted by atomic mass is 16.5. The fraction of sp³-hybridized carbons (Fsp3) is 0.923. The number of hydrogen-bond donors (Lipinski definition) is 2. The molecule has 2 bridgehead atoms. The number of nitrogens with two attached hydrogens (primary N) is 1. The van der Waals surface area contributed by atoms with E-state index in [9.17, 15) is 4.79 Å². The van der Waals surface area contributed by atoms with E-state index < -0.39 is 5.54 Å². The Balaban J connectivity index is 1.60. The number of fused-ring (bicyclic) bond motifs is 3. The molecular formula is C13H23N3O2. The van der Waals surface area contributed by atoms with E-state index in [0.29, 0.717) is 38.0 Å². The van der Waals surface area contributed by atoms with Crippen LogP contribution < -0.4 is 11.1 Å².